The number of nitriles is 1. The molecule has 0 amide bonds. The van der Waals surface area contributed by atoms with Gasteiger partial charge in [0.1, 0.15) is 30.1 Å². The highest BCUT2D eigenvalue weighted by Gasteiger charge is 2.44. The first kappa shape index (κ1) is 30.0. The fourth-order valence-electron chi connectivity index (χ4n) is 4.65. The van der Waals surface area contributed by atoms with E-state index in [4.69, 9.17) is 14.7 Å². The Bertz CT molecular complexity index is 1450. The summed E-state index contributed by atoms with van der Waals surface area (Å²) < 4.78 is 56.0. The minimum atomic E-state index is -1.30. The highest BCUT2D eigenvalue weighted by atomic mass is 32.2. The van der Waals surface area contributed by atoms with E-state index in [1.54, 1.807) is 31.2 Å². The van der Waals surface area contributed by atoms with Crippen molar-refractivity contribution in [2.75, 3.05) is 13.2 Å². The van der Waals surface area contributed by atoms with E-state index in [1.165, 1.54) is 47.3 Å². The molecule has 1 saturated heterocycles. The zero-order valence-corrected chi connectivity index (χ0v) is 22.8. The van der Waals surface area contributed by atoms with E-state index in [2.05, 4.69) is 10.1 Å². The van der Waals surface area contributed by atoms with Crippen LogP contribution in [-0.2, 0) is 26.2 Å². The lowest BCUT2D eigenvalue weighted by molar-refractivity contribution is -0.146. The van der Waals surface area contributed by atoms with Gasteiger partial charge in [-0.1, -0.05) is 37.3 Å². The van der Waals surface area contributed by atoms with Crippen molar-refractivity contribution < 1.29 is 32.5 Å². The number of carboxylic acid groups (broad SMARTS) is 1. The summed E-state index contributed by atoms with van der Waals surface area (Å²) in [5, 5.41) is 22.1. The quantitative estimate of drug-likeness (QED) is 0.310. The molecule has 214 valence electrons. The van der Waals surface area contributed by atoms with Crippen LogP contribution in [0.15, 0.2) is 67.3 Å². The highest BCUT2D eigenvalue weighted by Crippen LogP contribution is 2.43. The second-order valence-corrected chi connectivity index (χ2v) is 11.1. The third-order valence-corrected chi connectivity index (χ3v) is 8.21. The molecule has 1 aliphatic rings. The molecule has 0 radical (unpaired) electrons. The molecule has 0 saturated carbocycles. The molecule has 8 nitrogen and oxygen atoms in total. The molecule has 3 aromatic rings. The normalized spacial score (nSPS) is 19.7. The van der Waals surface area contributed by atoms with E-state index in [-0.39, 0.29) is 36.1 Å². The Morgan fingerprint density at radius 2 is 2.00 bits per heavy atom. The van der Waals surface area contributed by atoms with E-state index >= 15 is 4.39 Å². The lowest BCUT2D eigenvalue weighted by Crippen LogP contribution is -2.45. The van der Waals surface area contributed by atoms with Crippen molar-refractivity contribution in [3.8, 4) is 6.07 Å². The van der Waals surface area contributed by atoms with Crippen LogP contribution in [0.25, 0.3) is 6.08 Å². The van der Waals surface area contributed by atoms with Crippen LogP contribution in [0.3, 0.4) is 0 Å². The van der Waals surface area contributed by atoms with Crippen LogP contribution in [0.2, 0.25) is 0 Å². The number of nitrogens with zero attached hydrogens (tertiary/aromatic N) is 4. The first-order valence-electron chi connectivity index (χ1n) is 12.6. The number of thioether (sulfide) groups is 1. The largest absolute Gasteiger partial charge is 0.481 e. The molecule has 2 atom stereocenters. The zero-order chi connectivity index (χ0) is 29.4. The van der Waals surface area contributed by atoms with E-state index < -0.39 is 46.8 Å². The Labute approximate surface area is 239 Å². The van der Waals surface area contributed by atoms with Crippen LogP contribution in [-0.4, -0.2) is 55.8 Å². The van der Waals surface area contributed by atoms with Crippen LogP contribution < -0.4 is 0 Å². The number of halogens is 3. The summed E-state index contributed by atoms with van der Waals surface area (Å²) in [5.74, 6) is -3.25. The first-order valence-corrected chi connectivity index (χ1v) is 13.6. The second-order valence-electron chi connectivity index (χ2n) is 9.47. The van der Waals surface area contributed by atoms with Crippen LogP contribution >= 0.6 is 11.8 Å². The molecule has 12 heteroatoms. The molecule has 41 heavy (non-hydrogen) atoms. The second kappa shape index (κ2) is 13.6. The molecule has 1 aliphatic heterocycles. The fraction of sp³-hybridized carbons (Fsp3) is 0.310. The summed E-state index contributed by atoms with van der Waals surface area (Å²) in [5.41, 5.74) is -0.662. The molecular formula is C29H27F3N4O4S. The van der Waals surface area contributed by atoms with E-state index in [0.29, 0.717) is 5.56 Å². The topological polar surface area (TPSA) is 110 Å². The lowest BCUT2D eigenvalue weighted by atomic mass is 9.74. The average molecular weight is 585 g/mol. The monoisotopic (exact) mass is 584 g/mol. The Kier molecular flexibility index (Phi) is 9.99. The third-order valence-electron chi connectivity index (χ3n) is 6.70. The highest BCUT2D eigenvalue weighted by molar-refractivity contribution is 8.00. The zero-order valence-electron chi connectivity index (χ0n) is 22.0. The molecule has 0 unspecified atom stereocenters. The SMILES string of the molecule is C[C@@H](SC1COC(/C=C/C=C/c2ccc(C#N)cc2F)OC1)[C@@](CC(=O)O)(Cn1cncn1)c1ccc(F)cc1F. The molecule has 2 heterocycles. The number of allylic oxidation sites excluding steroid dienone is 2. The van der Waals surface area contributed by atoms with Crippen LogP contribution in [0.4, 0.5) is 13.2 Å². The summed E-state index contributed by atoms with van der Waals surface area (Å²) in [6.45, 7) is 2.35. The van der Waals surface area contributed by atoms with Gasteiger partial charge in [0.25, 0.3) is 0 Å². The fourth-order valence-corrected chi connectivity index (χ4v) is 6.09. The lowest BCUT2D eigenvalue weighted by Gasteiger charge is -2.40. The van der Waals surface area contributed by atoms with Crippen molar-refractivity contribution in [1.29, 1.82) is 5.26 Å². The van der Waals surface area contributed by atoms with E-state index in [9.17, 15) is 18.7 Å². The van der Waals surface area contributed by atoms with Gasteiger partial charge in [-0.2, -0.15) is 10.4 Å². The van der Waals surface area contributed by atoms with Gasteiger partial charge < -0.3 is 14.6 Å². The third kappa shape index (κ3) is 7.64. The van der Waals surface area contributed by atoms with Crippen LogP contribution in [0, 0.1) is 28.8 Å². The summed E-state index contributed by atoms with van der Waals surface area (Å²) in [7, 11) is 0. The predicted octanol–water partition coefficient (Wildman–Crippen LogP) is 5.11. The number of carbonyl (C=O) groups is 1. The Balaban J connectivity index is 1.44. The van der Waals surface area contributed by atoms with Gasteiger partial charge in [0, 0.05) is 22.3 Å². The molecule has 1 N–H and O–H groups in total. The van der Waals surface area contributed by atoms with Crippen molar-refractivity contribution in [2.45, 2.75) is 42.1 Å². The van der Waals surface area contributed by atoms with E-state index in [0.717, 1.165) is 18.2 Å². The van der Waals surface area contributed by atoms with Gasteiger partial charge in [-0.3, -0.25) is 9.48 Å². The van der Waals surface area contributed by atoms with Gasteiger partial charge >= 0.3 is 5.97 Å². The van der Waals surface area contributed by atoms with Gasteiger partial charge in [0.05, 0.1) is 43.1 Å². The molecule has 4 rings (SSSR count). The Hall–Kier alpha value is -3.92. The van der Waals surface area contributed by atoms with Crippen molar-refractivity contribution >= 4 is 23.8 Å². The summed E-state index contributed by atoms with van der Waals surface area (Å²) in [4.78, 5) is 16.0. The first-order chi connectivity index (χ1) is 19.7. The number of benzene rings is 2. The van der Waals surface area contributed by atoms with Gasteiger partial charge in [-0.25, -0.2) is 18.2 Å². The summed E-state index contributed by atoms with van der Waals surface area (Å²) in [6.07, 6.45) is 8.15. The van der Waals surface area contributed by atoms with Crippen molar-refractivity contribution in [1.82, 2.24) is 14.8 Å². The maximum Gasteiger partial charge on any atom is 0.304 e. The van der Waals surface area contributed by atoms with Crippen molar-refractivity contribution in [3.05, 3.63) is 101 Å². The summed E-state index contributed by atoms with van der Waals surface area (Å²) >= 11 is 1.39. The van der Waals surface area contributed by atoms with Gasteiger partial charge in [0.15, 0.2) is 6.29 Å². The molecule has 2 aromatic carbocycles. The number of aliphatic carboxylic acids is 1. The molecule has 0 spiro atoms. The number of hydrogen-bond donors (Lipinski definition) is 1. The Morgan fingerprint density at radius 1 is 1.22 bits per heavy atom. The number of aromatic nitrogens is 3. The van der Waals surface area contributed by atoms with E-state index in [1.807, 2.05) is 6.07 Å². The maximum atomic E-state index is 15.1. The number of ether oxygens (including phenoxy) is 2. The smallest absolute Gasteiger partial charge is 0.304 e. The van der Waals surface area contributed by atoms with Crippen LogP contribution in [0.1, 0.15) is 30.0 Å². The van der Waals surface area contributed by atoms with Gasteiger partial charge in [-0.05, 0) is 29.8 Å². The van der Waals surface area contributed by atoms with Gasteiger partial charge in [-0.15, -0.1) is 11.8 Å². The molecular weight excluding hydrogens is 557 g/mol. The maximum absolute atomic E-state index is 15.1. The van der Waals surface area contributed by atoms with Crippen molar-refractivity contribution in [3.63, 3.8) is 0 Å². The molecule has 1 fully saturated rings. The van der Waals surface area contributed by atoms with Crippen LogP contribution in [0.5, 0.6) is 0 Å². The predicted molar refractivity (Wildman–Crippen MR) is 146 cm³/mol. The average Bonchev–Trinajstić information content (AvgIpc) is 3.45. The molecule has 0 bridgehead atoms. The molecule has 1 aromatic heterocycles. The summed E-state index contributed by atoms with van der Waals surface area (Å²) in [6, 6.07) is 9.24. The number of rotatable bonds is 11. The minimum Gasteiger partial charge on any atom is -0.481 e. The number of hydrogen-bond acceptors (Lipinski definition) is 7. The molecule has 0 aliphatic carbocycles. The Morgan fingerprint density at radius 3 is 2.63 bits per heavy atom. The number of carboxylic acids is 1. The van der Waals surface area contributed by atoms with Gasteiger partial charge in [0.2, 0.25) is 0 Å². The minimum absolute atomic E-state index is 0.00197. The van der Waals surface area contributed by atoms with Crippen molar-refractivity contribution in [2.24, 2.45) is 0 Å². The standard InChI is InChI=1S/C29H27F3N4O4S/c1-19(29(12-27(37)38,16-36-18-34-17-35-36)24-9-8-22(30)11-26(24)32)41-23-14-39-28(40-15-23)5-3-2-4-21-7-6-20(13-33)10-25(21)31/h2-11,17-19,23,28H,12,14-16H2,1H3,(H,37,38)/b4-2+,5-3+/t19-,23?,28?,29-/m1/s1.